The third kappa shape index (κ3) is 5.73. The van der Waals surface area contributed by atoms with Crippen molar-refractivity contribution in [3.8, 4) is 5.75 Å². The number of anilines is 1. The van der Waals surface area contributed by atoms with Crippen LogP contribution >= 0.6 is 0 Å². The molecule has 0 spiro atoms. The number of halogens is 3. The minimum absolute atomic E-state index is 0.122. The van der Waals surface area contributed by atoms with Gasteiger partial charge in [-0.2, -0.15) is 0 Å². The van der Waals surface area contributed by atoms with E-state index < -0.39 is 35.6 Å². The van der Waals surface area contributed by atoms with Crippen molar-refractivity contribution >= 4 is 17.5 Å². The summed E-state index contributed by atoms with van der Waals surface area (Å²) in [7, 11) is 0. The van der Waals surface area contributed by atoms with Crippen LogP contribution in [0.5, 0.6) is 5.75 Å². The Bertz CT molecular complexity index is 828. The second-order valence-corrected chi connectivity index (χ2v) is 5.59. The maximum absolute atomic E-state index is 13.5. The molecular formula is C19H19F3N2O3. The summed E-state index contributed by atoms with van der Waals surface area (Å²) in [4.78, 5) is 23.6. The van der Waals surface area contributed by atoms with Gasteiger partial charge in [-0.3, -0.25) is 9.59 Å². The van der Waals surface area contributed by atoms with E-state index in [1.807, 2.05) is 25.1 Å². The molecule has 144 valence electrons. The third-order valence-electron chi connectivity index (χ3n) is 3.65. The van der Waals surface area contributed by atoms with Gasteiger partial charge in [0.25, 0.3) is 0 Å². The number of amides is 2. The number of ether oxygens (including phenoxy) is 1. The molecule has 5 nitrogen and oxygen atoms in total. The second-order valence-electron chi connectivity index (χ2n) is 5.59. The zero-order valence-corrected chi connectivity index (χ0v) is 14.7. The third-order valence-corrected chi connectivity index (χ3v) is 3.65. The first-order chi connectivity index (χ1) is 12.9. The Labute approximate surface area is 154 Å². The van der Waals surface area contributed by atoms with E-state index in [-0.39, 0.29) is 12.3 Å². The molecule has 0 aliphatic rings. The number of aryl methyl sites for hydroxylation is 1. The number of para-hydroxylation sites is 1. The van der Waals surface area contributed by atoms with Gasteiger partial charge in [0, 0.05) is 6.42 Å². The number of nitrogens with one attached hydrogen (secondary N) is 2. The second kappa shape index (κ2) is 9.61. The van der Waals surface area contributed by atoms with Crippen molar-refractivity contribution in [2.24, 2.45) is 0 Å². The quantitative estimate of drug-likeness (QED) is 0.691. The molecular weight excluding hydrogens is 361 g/mol. The largest absolute Gasteiger partial charge is 0.494 e. The summed E-state index contributed by atoms with van der Waals surface area (Å²) in [5.74, 6) is -4.98. The van der Waals surface area contributed by atoms with Crippen molar-refractivity contribution < 1.29 is 27.5 Å². The van der Waals surface area contributed by atoms with Crippen molar-refractivity contribution in [1.82, 2.24) is 5.32 Å². The average Bonchev–Trinajstić information content (AvgIpc) is 2.66. The average molecular weight is 380 g/mol. The predicted molar refractivity (Wildman–Crippen MR) is 93.9 cm³/mol. The molecule has 8 heteroatoms. The highest BCUT2D eigenvalue weighted by Crippen LogP contribution is 2.20. The van der Waals surface area contributed by atoms with E-state index >= 15 is 0 Å². The molecule has 0 atom stereocenters. The Balaban J connectivity index is 1.82. The lowest BCUT2D eigenvalue weighted by Gasteiger charge is -2.10. The van der Waals surface area contributed by atoms with Crippen molar-refractivity contribution in [2.45, 2.75) is 19.8 Å². The monoisotopic (exact) mass is 380 g/mol. The molecule has 0 saturated heterocycles. The van der Waals surface area contributed by atoms with Crippen molar-refractivity contribution in [2.75, 3.05) is 18.5 Å². The zero-order chi connectivity index (χ0) is 19.8. The standard InChI is InChI=1S/C19H19F3N2O3/c1-2-27-15-6-4-3-5-12(15)7-10-16(25)23-11-17(26)24-14-9-8-13(20)18(21)19(14)22/h3-6,8-9H,2,7,10-11H2,1H3,(H,23,25)(H,24,26). The molecule has 2 amide bonds. The van der Waals surface area contributed by atoms with Crippen molar-refractivity contribution in [3.63, 3.8) is 0 Å². The lowest BCUT2D eigenvalue weighted by Crippen LogP contribution is -2.33. The summed E-state index contributed by atoms with van der Waals surface area (Å²) in [5, 5.41) is 4.47. The zero-order valence-electron chi connectivity index (χ0n) is 14.7. The predicted octanol–water partition coefficient (Wildman–Crippen LogP) is 3.19. The number of hydrogen-bond donors (Lipinski definition) is 2. The van der Waals surface area contributed by atoms with Crippen molar-refractivity contribution in [3.05, 3.63) is 59.4 Å². The molecule has 0 aliphatic carbocycles. The van der Waals surface area contributed by atoms with Gasteiger partial charge >= 0.3 is 0 Å². The van der Waals surface area contributed by atoms with Crippen LogP contribution in [0, 0.1) is 17.5 Å². The summed E-state index contributed by atoms with van der Waals surface area (Å²) >= 11 is 0. The van der Waals surface area contributed by atoms with Crippen LogP contribution in [0.2, 0.25) is 0 Å². The molecule has 2 rings (SSSR count). The molecule has 0 saturated carbocycles. The maximum Gasteiger partial charge on any atom is 0.243 e. The smallest absolute Gasteiger partial charge is 0.243 e. The number of benzene rings is 2. The fraction of sp³-hybridized carbons (Fsp3) is 0.263. The van der Waals surface area contributed by atoms with E-state index in [0.717, 1.165) is 11.6 Å². The van der Waals surface area contributed by atoms with Crippen LogP contribution in [0.3, 0.4) is 0 Å². The highest BCUT2D eigenvalue weighted by molar-refractivity contribution is 5.94. The van der Waals surface area contributed by atoms with Gasteiger partial charge in [0.15, 0.2) is 17.5 Å². The van der Waals surface area contributed by atoms with Crippen LogP contribution in [0.1, 0.15) is 18.9 Å². The first-order valence-electron chi connectivity index (χ1n) is 8.33. The van der Waals surface area contributed by atoms with Crippen LogP contribution in [0.15, 0.2) is 36.4 Å². The summed E-state index contributed by atoms with van der Waals surface area (Å²) < 4.78 is 45.0. The minimum atomic E-state index is -1.68. The van der Waals surface area contributed by atoms with Gasteiger partial charge in [0.1, 0.15) is 5.75 Å². The highest BCUT2D eigenvalue weighted by atomic mass is 19.2. The van der Waals surface area contributed by atoms with E-state index in [4.69, 9.17) is 4.74 Å². The highest BCUT2D eigenvalue weighted by Gasteiger charge is 2.15. The van der Waals surface area contributed by atoms with Gasteiger partial charge in [-0.25, -0.2) is 13.2 Å². The normalized spacial score (nSPS) is 10.4. The Morgan fingerprint density at radius 2 is 1.74 bits per heavy atom. The summed E-state index contributed by atoms with van der Waals surface area (Å²) in [6.45, 7) is 1.94. The fourth-order valence-corrected chi connectivity index (χ4v) is 2.34. The first-order valence-corrected chi connectivity index (χ1v) is 8.33. The molecule has 0 aromatic heterocycles. The SMILES string of the molecule is CCOc1ccccc1CCC(=O)NCC(=O)Nc1ccc(F)c(F)c1F. The van der Waals surface area contributed by atoms with Gasteiger partial charge in [-0.15, -0.1) is 0 Å². The first kappa shape index (κ1) is 20.3. The molecule has 0 fully saturated rings. The number of carbonyl (C=O) groups is 2. The summed E-state index contributed by atoms with van der Waals surface area (Å²) in [5.41, 5.74) is 0.363. The molecule has 0 unspecified atom stereocenters. The molecule has 0 bridgehead atoms. The maximum atomic E-state index is 13.5. The Hall–Kier alpha value is -3.03. The van der Waals surface area contributed by atoms with Crippen LogP contribution in [0.4, 0.5) is 18.9 Å². The lowest BCUT2D eigenvalue weighted by atomic mass is 10.1. The van der Waals surface area contributed by atoms with Gasteiger partial charge in [0.05, 0.1) is 18.8 Å². The minimum Gasteiger partial charge on any atom is -0.494 e. The van der Waals surface area contributed by atoms with E-state index in [0.29, 0.717) is 24.8 Å². The van der Waals surface area contributed by atoms with E-state index in [2.05, 4.69) is 10.6 Å². The van der Waals surface area contributed by atoms with Gasteiger partial charge in [0.2, 0.25) is 11.8 Å². The molecule has 0 aliphatic heterocycles. The number of carbonyl (C=O) groups excluding carboxylic acids is 2. The summed E-state index contributed by atoms with van der Waals surface area (Å²) in [6, 6.07) is 8.91. The molecule has 0 heterocycles. The van der Waals surface area contributed by atoms with E-state index in [1.54, 1.807) is 6.07 Å². The van der Waals surface area contributed by atoms with E-state index in [1.165, 1.54) is 0 Å². The fourth-order valence-electron chi connectivity index (χ4n) is 2.34. The van der Waals surface area contributed by atoms with Gasteiger partial charge < -0.3 is 15.4 Å². The van der Waals surface area contributed by atoms with Crippen molar-refractivity contribution in [1.29, 1.82) is 0 Å². The van der Waals surface area contributed by atoms with Crippen LogP contribution < -0.4 is 15.4 Å². The Morgan fingerprint density at radius 3 is 2.48 bits per heavy atom. The van der Waals surface area contributed by atoms with Crippen LogP contribution in [-0.4, -0.2) is 25.0 Å². The molecule has 2 aromatic rings. The topological polar surface area (TPSA) is 67.4 Å². The molecule has 2 N–H and O–H groups in total. The Morgan fingerprint density at radius 1 is 1.00 bits per heavy atom. The van der Waals surface area contributed by atoms with Gasteiger partial charge in [-0.05, 0) is 37.1 Å². The number of hydrogen-bond acceptors (Lipinski definition) is 3. The molecule has 27 heavy (non-hydrogen) atoms. The van der Waals surface area contributed by atoms with E-state index in [9.17, 15) is 22.8 Å². The van der Waals surface area contributed by atoms with Crippen LogP contribution in [0.25, 0.3) is 0 Å². The Kier molecular flexibility index (Phi) is 7.22. The molecule has 0 radical (unpaired) electrons. The summed E-state index contributed by atoms with van der Waals surface area (Å²) in [6.07, 6.45) is 0.540. The molecule has 2 aromatic carbocycles. The van der Waals surface area contributed by atoms with Crippen LogP contribution in [-0.2, 0) is 16.0 Å². The lowest BCUT2D eigenvalue weighted by molar-refractivity contribution is -0.124. The number of rotatable bonds is 8. The van der Waals surface area contributed by atoms with Gasteiger partial charge in [-0.1, -0.05) is 18.2 Å².